The van der Waals surface area contributed by atoms with Gasteiger partial charge >= 0.3 is 5.97 Å². The molecule has 1 N–H and O–H groups in total. The van der Waals surface area contributed by atoms with E-state index in [1.165, 1.54) is 43.4 Å². The predicted molar refractivity (Wildman–Crippen MR) is 111 cm³/mol. The van der Waals surface area contributed by atoms with Crippen molar-refractivity contribution in [1.29, 1.82) is 0 Å². The first-order valence-corrected chi connectivity index (χ1v) is 12.2. The second-order valence-corrected chi connectivity index (χ2v) is 10.9. The number of fused-ring (bicyclic) bond motifs is 1. The average Bonchev–Trinajstić information content (AvgIpc) is 2.98. The van der Waals surface area contributed by atoms with Gasteiger partial charge in [0.25, 0.3) is 5.91 Å². The Bertz CT molecular complexity index is 719. The molecule has 4 bridgehead atoms. The highest BCUT2D eigenvalue weighted by molar-refractivity contribution is 6.05. The minimum absolute atomic E-state index is 0.0540. The van der Waals surface area contributed by atoms with Gasteiger partial charge in [0, 0.05) is 13.1 Å². The van der Waals surface area contributed by atoms with Crippen molar-refractivity contribution in [3.8, 4) is 0 Å². The molecule has 0 aromatic heterocycles. The lowest BCUT2D eigenvalue weighted by Gasteiger charge is -2.56. The first-order chi connectivity index (χ1) is 14.9. The third kappa shape index (κ3) is 4.12. The number of esters is 1. The SMILES string of the molecule is O=C(COC(=O)CCN1C(=O)[C@@H]2CCCC[C@H]2C1=O)NCC12CC3CC(CC(C3)C1)C2. The molecule has 1 heterocycles. The van der Waals surface area contributed by atoms with E-state index < -0.39 is 5.97 Å². The van der Waals surface area contributed by atoms with E-state index in [9.17, 15) is 19.2 Å². The van der Waals surface area contributed by atoms with Gasteiger partial charge in [0.1, 0.15) is 0 Å². The zero-order valence-corrected chi connectivity index (χ0v) is 18.3. The van der Waals surface area contributed by atoms with Crippen LogP contribution < -0.4 is 5.32 Å². The van der Waals surface area contributed by atoms with Crippen LogP contribution in [0.3, 0.4) is 0 Å². The molecule has 7 nitrogen and oxygen atoms in total. The molecule has 0 aromatic rings. The highest BCUT2D eigenvalue weighted by Crippen LogP contribution is 2.59. The summed E-state index contributed by atoms with van der Waals surface area (Å²) in [6.45, 7) is 0.448. The number of rotatable bonds is 7. The first-order valence-electron chi connectivity index (χ1n) is 12.2. The maximum Gasteiger partial charge on any atom is 0.308 e. The van der Waals surface area contributed by atoms with Crippen molar-refractivity contribution < 1.29 is 23.9 Å². The molecule has 0 unspecified atom stereocenters. The largest absolute Gasteiger partial charge is 0.456 e. The minimum atomic E-state index is -0.541. The van der Waals surface area contributed by atoms with Crippen molar-refractivity contribution in [3.63, 3.8) is 0 Å². The van der Waals surface area contributed by atoms with Crippen LogP contribution in [0, 0.1) is 35.0 Å². The number of nitrogens with zero attached hydrogens (tertiary/aromatic N) is 1. The highest BCUT2D eigenvalue weighted by atomic mass is 16.5. The lowest BCUT2D eigenvalue weighted by Crippen LogP contribution is -2.51. The van der Waals surface area contributed by atoms with E-state index in [1.54, 1.807) is 0 Å². The molecule has 1 saturated heterocycles. The van der Waals surface area contributed by atoms with Crippen LogP contribution in [0.15, 0.2) is 0 Å². The summed E-state index contributed by atoms with van der Waals surface area (Å²) < 4.78 is 5.12. The van der Waals surface area contributed by atoms with Crippen LogP contribution in [0.1, 0.15) is 70.6 Å². The molecule has 7 heteroatoms. The molecule has 2 atom stereocenters. The third-order valence-electron chi connectivity index (χ3n) is 8.66. The number of imide groups is 1. The smallest absolute Gasteiger partial charge is 0.308 e. The molecule has 6 aliphatic rings. The zero-order valence-electron chi connectivity index (χ0n) is 18.3. The Kier molecular flexibility index (Phi) is 5.55. The summed E-state index contributed by atoms with van der Waals surface area (Å²) in [7, 11) is 0. The third-order valence-corrected chi connectivity index (χ3v) is 8.66. The van der Waals surface area contributed by atoms with E-state index in [1.807, 2.05) is 0 Å². The highest BCUT2D eigenvalue weighted by Gasteiger charge is 2.51. The van der Waals surface area contributed by atoms with Gasteiger partial charge in [0.2, 0.25) is 11.8 Å². The quantitative estimate of drug-likeness (QED) is 0.495. The summed E-state index contributed by atoms with van der Waals surface area (Å²) in [6, 6.07) is 0. The van der Waals surface area contributed by atoms with Crippen LogP contribution in [0.4, 0.5) is 0 Å². The monoisotopic (exact) mass is 430 g/mol. The number of nitrogens with one attached hydrogen (secondary N) is 1. The summed E-state index contributed by atoms with van der Waals surface area (Å²) in [5, 5.41) is 3.01. The Morgan fingerprint density at radius 3 is 2.03 bits per heavy atom. The van der Waals surface area contributed by atoms with Crippen LogP contribution in [0.2, 0.25) is 0 Å². The van der Waals surface area contributed by atoms with Gasteiger partial charge in [-0.3, -0.25) is 24.1 Å². The minimum Gasteiger partial charge on any atom is -0.456 e. The molecule has 1 aliphatic heterocycles. The fraction of sp³-hybridized carbons (Fsp3) is 0.833. The van der Waals surface area contributed by atoms with Gasteiger partial charge in [-0.1, -0.05) is 12.8 Å². The van der Waals surface area contributed by atoms with Crippen molar-refractivity contribution in [3.05, 3.63) is 0 Å². The normalized spacial score (nSPS) is 38.3. The molecule has 6 rings (SSSR count). The van der Waals surface area contributed by atoms with Crippen LogP contribution in [0.25, 0.3) is 0 Å². The van der Waals surface area contributed by atoms with Crippen molar-refractivity contribution >= 4 is 23.7 Å². The molecule has 0 aromatic carbocycles. The first kappa shape index (κ1) is 21.0. The van der Waals surface area contributed by atoms with Gasteiger partial charge in [-0.2, -0.15) is 0 Å². The van der Waals surface area contributed by atoms with E-state index in [2.05, 4.69) is 5.32 Å². The molecular weight excluding hydrogens is 396 g/mol. The Morgan fingerprint density at radius 1 is 0.935 bits per heavy atom. The second kappa shape index (κ2) is 8.21. The topological polar surface area (TPSA) is 92.8 Å². The fourth-order valence-corrected chi connectivity index (χ4v) is 7.72. The van der Waals surface area contributed by atoms with Gasteiger partial charge in [0.05, 0.1) is 18.3 Å². The molecule has 6 fully saturated rings. The van der Waals surface area contributed by atoms with Crippen molar-refractivity contribution in [2.45, 2.75) is 70.6 Å². The Hall–Kier alpha value is -1.92. The predicted octanol–water partition coefficient (Wildman–Crippen LogP) is 2.43. The van der Waals surface area contributed by atoms with Crippen molar-refractivity contribution in [2.75, 3.05) is 19.7 Å². The summed E-state index contributed by atoms with van der Waals surface area (Å²) in [5.74, 6) is 1.01. The lowest BCUT2D eigenvalue weighted by atomic mass is 9.49. The molecule has 3 amide bonds. The zero-order chi connectivity index (χ0) is 21.6. The summed E-state index contributed by atoms with van der Waals surface area (Å²) in [5.41, 5.74) is 0.252. The Labute approximate surface area is 183 Å². The van der Waals surface area contributed by atoms with E-state index in [0.29, 0.717) is 6.54 Å². The van der Waals surface area contributed by atoms with Crippen molar-refractivity contribution in [2.24, 2.45) is 35.0 Å². The van der Waals surface area contributed by atoms with E-state index in [-0.39, 0.29) is 54.5 Å². The van der Waals surface area contributed by atoms with Gasteiger partial charge in [-0.05, 0) is 74.5 Å². The lowest BCUT2D eigenvalue weighted by molar-refractivity contribution is -0.150. The van der Waals surface area contributed by atoms with Crippen LogP contribution in [-0.2, 0) is 23.9 Å². The maximum atomic E-state index is 12.5. The number of hydrogen-bond acceptors (Lipinski definition) is 5. The summed E-state index contributed by atoms with van der Waals surface area (Å²) in [4.78, 5) is 50.5. The van der Waals surface area contributed by atoms with Crippen LogP contribution in [-0.4, -0.2) is 48.3 Å². The number of ether oxygens (including phenoxy) is 1. The Balaban J connectivity index is 1.03. The number of carbonyl (C=O) groups excluding carboxylic acids is 4. The van der Waals surface area contributed by atoms with Gasteiger partial charge < -0.3 is 10.1 Å². The molecule has 0 radical (unpaired) electrons. The van der Waals surface area contributed by atoms with E-state index >= 15 is 0 Å². The average molecular weight is 431 g/mol. The summed E-state index contributed by atoms with van der Waals surface area (Å²) >= 11 is 0. The molecular formula is C24H34N2O5. The fourth-order valence-electron chi connectivity index (χ4n) is 7.72. The Morgan fingerprint density at radius 2 is 1.48 bits per heavy atom. The molecule has 5 saturated carbocycles. The molecule has 5 aliphatic carbocycles. The number of amides is 3. The molecule has 31 heavy (non-hydrogen) atoms. The molecule has 170 valence electrons. The van der Waals surface area contributed by atoms with Crippen molar-refractivity contribution in [1.82, 2.24) is 10.2 Å². The number of likely N-dealkylation sites (tertiary alicyclic amines) is 1. The van der Waals surface area contributed by atoms with E-state index in [4.69, 9.17) is 4.74 Å². The van der Waals surface area contributed by atoms with Gasteiger partial charge in [-0.15, -0.1) is 0 Å². The van der Waals surface area contributed by atoms with Crippen LogP contribution >= 0.6 is 0 Å². The van der Waals surface area contributed by atoms with Crippen LogP contribution in [0.5, 0.6) is 0 Å². The second-order valence-electron chi connectivity index (χ2n) is 10.9. The maximum absolute atomic E-state index is 12.5. The van der Waals surface area contributed by atoms with E-state index in [0.717, 1.165) is 43.4 Å². The number of carbonyl (C=O) groups is 4. The summed E-state index contributed by atoms with van der Waals surface area (Å²) in [6.07, 6.45) is 11.2. The van der Waals surface area contributed by atoms with Gasteiger partial charge in [-0.25, -0.2) is 0 Å². The standard InChI is InChI=1S/C24H34N2O5/c27-20(25-14-24-10-15-7-16(11-24)9-17(8-15)12-24)13-31-21(28)5-6-26-22(29)18-3-1-2-4-19(18)23(26)30/h15-19H,1-14H2,(H,25,27)/t15?,16?,17?,18-,19-,24?/m1/s1. The van der Waals surface area contributed by atoms with Gasteiger partial charge in [0.15, 0.2) is 6.61 Å². The molecule has 0 spiro atoms. The number of hydrogen-bond donors (Lipinski definition) is 1.